The van der Waals surface area contributed by atoms with Gasteiger partial charge in [-0.1, -0.05) is 97.1 Å². The summed E-state index contributed by atoms with van der Waals surface area (Å²) in [7, 11) is 0. The molecule has 170 valence electrons. The summed E-state index contributed by atoms with van der Waals surface area (Å²) < 4.78 is 2.47. The van der Waals surface area contributed by atoms with Gasteiger partial charge in [0.15, 0.2) is 0 Å². The van der Waals surface area contributed by atoms with Crippen LogP contribution in [-0.4, -0.2) is 4.40 Å². The molecule has 37 heavy (non-hydrogen) atoms. The first-order chi connectivity index (χ1) is 18.3. The number of rotatable bonds is 1. The molecule has 0 radical (unpaired) electrons. The third-order valence-electron chi connectivity index (χ3n) is 8.26. The van der Waals surface area contributed by atoms with Gasteiger partial charge in [-0.05, 0) is 73.8 Å². The third kappa shape index (κ3) is 2.53. The van der Waals surface area contributed by atoms with Gasteiger partial charge in [0.2, 0.25) is 0 Å². The molecule has 0 spiro atoms. The zero-order valence-corrected chi connectivity index (χ0v) is 20.1. The molecule has 0 saturated heterocycles. The summed E-state index contributed by atoms with van der Waals surface area (Å²) in [6, 6.07) is 47.1. The number of hydrogen-bond acceptors (Lipinski definition) is 0. The van der Waals surface area contributed by atoms with Gasteiger partial charge in [-0.2, -0.15) is 0 Å². The first-order valence-electron chi connectivity index (χ1n) is 12.9. The monoisotopic (exact) mass is 467 g/mol. The number of benzene rings is 7. The van der Waals surface area contributed by atoms with E-state index in [2.05, 4.69) is 132 Å². The van der Waals surface area contributed by atoms with Gasteiger partial charge in [-0.3, -0.25) is 0 Å². The molecule has 9 aromatic rings. The van der Waals surface area contributed by atoms with Crippen molar-refractivity contribution in [3.05, 3.63) is 127 Å². The van der Waals surface area contributed by atoms with E-state index < -0.39 is 0 Å². The number of nitrogens with zero attached hydrogens (tertiary/aromatic N) is 1. The minimum absolute atomic E-state index is 1.25. The van der Waals surface area contributed by atoms with Crippen molar-refractivity contribution in [1.82, 2.24) is 4.40 Å². The largest absolute Gasteiger partial charge is 0.308 e. The van der Waals surface area contributed by atoms with Crippen molar-refractivity contribution >= 4 is 70.4 Å². The zero-order valence-electron chi connectivity index (χ0n) is 20.1. The van der Waals surface area contributed by atoms with Crippen molar-refractivity contribution in [1.29, 1.82) is 0 Å². The standard InChI is InChI=1S/C36H21N/c1-2-8-24-21-35-33(19-23(24)7-1)31-11-5-10-30-32-20-26(15-17-34(32)37(35)36(30)31)25-14-16-29-27(18-25)13-12-22-6-3-4-9-28(22)29/h1-21H. The second-order valence-corrected chi connectivity index (χ2v) is 10.2. The molecule has 7 aromatic carbocycles. The molecule has 0 fully saturated rings. The molecule has 1 heteroatoms. The second kappa shape index (κ2) is 6.87. The Hall–Kier alpha value is -4.88. The Morgan fingerprint density at radius 2 is 0.946 bits per heavy atom. The van der Waals surface area contributed by atoms with Crippen LogP contribution in [0.15, 0.2) is 127 Å². The fourth-order valence-corrected chi connectivity index (χ4v) is 6.54. The van der Waals surface area contributed by atoms with E-state index in [1.54, 1.807) is 0 Å². The summed E-state index contributed by atoms with van der Waals surface area (Å²) in [5.41, 5.74) is 6.39. The van der Waals surface area contributed by atoms with E-state index >= 15 is 0 Å². The molecule has 0 aliphatic heterocycles. The maximum Gasteiger partial charge on any atom is 0.0620 e. The highest BCUT2D eigenvalue weighted by atomic mass is 14.9. The van der Waals surface area contributed by atoms with Crippen LogP contribution in [0.2, 0.25) is 0 Å². The van der Waals surface area contributed by atoms with E-state index in [0.717, 1.165) is 0 Å². The number of aromatic nitrogens is 1. The lowest BCUT2D eigenvalue weighted by molar-refractivity contribution is 1.37. The van der Waals surface area contributed by atoms with Gasteiger partial charge >= 0.3 is 0 Å². The third-order valence-corrected chi connectivity index (χ3v) is 8.26. The molecule has 2 aromatic heterocycles. The van der Waals surface area contributed by atoms with Gasteiger partial charge in [-0.15, -0.1) is 0 Å². The normalized spacial score (nSPS) is 12.3. The number of hydrogen-bond donors (Lipinski definition) is 0. The Labute approximate surface area is 213 Å². The Bertz CT molecular complexity index is 2350. The van der Waals surface area contributed by atoms with E-state index in [1.807, 2.05) is 0 Å². The smallest absolute Gasteiger partial charge is 0.0620 e. The van der Waals surface area contributed by atoms with Gasteiger partial charge in [0.1, 0.15) is 0 Å². The Kier molecular flexibility index (Phi) is 3.59. The molecule has 9 rings (SSSR count). The molecule has 0 aliphatic carbocycles. The lowest BCUT2D eigenvalue weighted by Gasteiger charge is -2.08. The predicted octanol–water partition coefficient (Wildman–Crippen LogP) is 9.96. The summed E-state index contributed by atoms with van der Waals surface area (Å²) in [4.78, 5) is 0. The number of fused-ring (bicyclic) bond motifs is 10. The predicted molar refractivity (Wildman–Crippen MR) is 159 cm³/mol. The summed E-state index contributed by atoms with van der Waals surface area (Å²) in [5, 5.41) is 13.0. The van der Waals surface area contributed by atoms with Crippen LogP contribution in [0.5, 0.6) is 0 Å². The van der Waals surface area contributed by atoms with Crippen LogP contribution in [0, 0.1) is 0 Å². The van der Waals surface area contributed by atoms with E-state index in [9.17, 15) is 0 Å². The van der Waals surface area contributed by atoms with E-state index in [4.69, 9.17) is 0 Å². The first-order valence-corrected chi connectivity index (χ1v) is 12.9. The van der Waals surface area contributed by atoms with Crippen molar-refractivity contribution < 1.29 is 0 Å². The highest BCUT2D eigenvalue weighted by Crippen LogP contribution is 2.41. The number of para-hydroxylation sites is 1. The lowest BCUT2D eigenvalue weighted by Crippen LogP contribution is -1.84. The van der Waals surface area contributed by atoms with Crippen molar-refractivity contribution in [2.45, 2.75) is 0 Å². The van der Waals surface area contributed by atoms with Crippen molar-refractivity contribution in [2.24, 2.45) is 0 Å². The summed E-state index contributed by atoms with van der Waals surface area (Å²) >= 11 is 0. The highest BCUT2D eigenvalue weighted by Gasteiger charge is 2.18. The van der Waals surface area contributed by atoms with Gasteiger partial charge < -0.3 is 4.40 Å². The summed E-state index contributed by atoms with van der Waals surface area (Å²) in [6.45, 7) is 0. The molecule has 0 atom stereocenters. The molecular formula is C36H21N. The topological polar surface area (TPSA) is 4.41 Å². The van der Waals surface area contributed by atoms with Gasteiger partial charge in [-0.25, -0.2) is 0 Å². The van der Waals surface area contributed by atoms with Crippen LogP contribution in [0.1, 0.15) is 0 Å². The van der Waals surface area contributed by atoms with E-state index in [0.29, 0.717) is 0 Å². The minimum Gasteiger partial charge on any atom is -0.308 e. The fourth-order valence-electron chi connectivity index (χ4n) is 6.54. The highest BCUT2D eigenvalue weighted by molar-refractivity contribution is 6.25. The molecule has 0 amide bonds. The van der Waals surface area contributed by atoms with Crippen LogP contribution < -0.4 is 0 Å². The lowest BCUT2D eigenvalue weighted by atomic mass is 9.96. The van der Waals surface area contributed by atoms with Crippen LogP contribution in [0.3, 0.4) is 0 Å². The maximum atomic E-state index is 2.47. The molecule has 0 unspecified atom stereocenters. The van der Waals surface area contributed by atoms with Crippen LogP contribution >= 0.6 is 0 Å². The van der Waals surface area contributed by atoms with Gasteiger partial charge in [0, 0.05) is 21.5 Å². The average Bonchev–Trinajstić information content (AvgIpc) is 3.47. The van der Waals surface area contributed by atoms with Crippen LogP contribution in [0.4, 0.5) is 0 Å². The van der Waals surface area contributed by atoms with E-state index in [-0.39, 0.29) is 0 Å². The summed E-state index contributed by atoms with van der Waals surface area (Å²) in [5.74, 6) is 0. The average molecular weight is 468 g/mol. The first kappa shape index (κ1) is 19.3. The summed E-state index contributed by atoms with van der Waals surface area (Å²) in [6.07, 6.45) is 0. The van der Waals surface area contributed by atoms with Crippen molar-refractivity contribution in [3.63, 3.8) is 0 Å². The Balaban J connectivity index is 1.32. The minimum atomic E-state index is 1.25. The van der Waals surface area contributed by atoms with E-state index in [1.165, 1.54) is 81.5 Å². The zero-order chi connectivity index (χ0) is 24.1. The molecular weight excluding hydrogens is 446 g/mol. The molecule has 2 heterocycles. The van der Waals surface area contributed by atoms with Gasteiger partial charge in [0.25, 0.3) is 0 Å². The van der Waals surface area contributed by atoms with Gasteiger partial charge in [0.05, 0.1) is 16.6 Å². The van der Waals surface area contributed by atoms with Crippen LogP contribution in [0.25, 0.3) is 81.5 Å². The van der Waals surface area contributed by atoms with Crippen LogP contribution in [-0.2, 0) is 0 Å². The Morgan fingerprint density at radius 3 is 1.81 bits per heavy atom. The second-order valence-electron chi connectivity index (χ2n) is 10.2. The molecule has 1 nitrogen and oxygen atoms in total. The SMILES string of the molecule is c1ccc2cc3c(cc2c1)c1cccc2c4cc(-c5ccc6c(ccc7ccccc76)c5)ccc4n3c21. The molecule has 0 bridgehead atoms. The maximum absolute atomic E-state index is 2.47. The molecule has 0 saturated carbocycles. The van der Waals surface area contributed by atoms with Crippen molar-refractivity contribution in [3.8, 4) is 11.1 Å². The Morgan fingerprint density at radius 1 is 0.324 bits per heavy atom. The quantitative estimate of drug-likeness (QED) is 0.212. The molecule has 0 N–H and O–H groups in total. The molecule has 0 aliphatic rings. The van der Waals surface area contributed by atoms with Crippen molar-refractivity contribution in [2.75, 3.05) is 0 Å². The fraction of sp³-hybridized carbons (Fsp3) is 0.